The fraction of sp³-hybridized carbons (Fsp3) is 0.217. The molecule has 2 aliphatic rings. The molecule has 0 unspecified atom stereocenters. The predicted octanol–water partition coefficient (Wildman–Crippen LogP) is 4.25. The van der Waals surface area contributed by atoms with E-state index < -0.39 is 23.7 Å². The molecule has 1 aliphatic heterocycles. The van der Waals surface area contributed by atoms with Crippen molar-refractivity contribution in [1.29, 1.82) is 0 Å². The van der Waals surface area contributed by atoms with Gasteiger partial charge in [0, 0.05) is 4.47 Å². The van der Waals surface area contributed by atoms with Crippen LogP contribution in [0, 0.1) is 11.8 Å². The summed E-state index contributed by atoms with van der Waals surface area (Å²) >= 11 is 3.30. The number of amides is 3. The Balaban J connectivity index is 1.66. The molecule has 1 heterocycles. The average molecular weight is 483 g/mol. The molecule has 31 heavy (non-hydrogen) atoms. The van der Waals surface area contributed by atoms with Gasteiger partial charge in [0.2, 0.25) is 11.8 Å². The normalized spacial score (nSPS) is 20.3. The summed E-state index contributed by atoms with van der Waals surface area (Å²) < 4.78 is 0.504. The lowest BCUT2D eigenvalue weighted by Gasteiger charge is -2.19. The number of nitrogens with zero attached hydrogens (tertiary/aromatic N) is 1. The molecule has 8 heteroatoms. The van der Waals surface area contributed by atoms with Crippen LogP contribution in [0.5, 0.6) is 0 Å². The monoisotopic (exact) mass is 482 g/mol. The zero-order chi connectivity index (χ0) is 22.3. The van der Waals surface area contributed by atoms with Crippen LogP contribution in [-0.2, 0) is 9.59 Å². The third-order valence-corrected chi connectivity index (χ3v) is 6.37. The largest absolute Gasteiger partial charge is 0.478 e. The second-order valence-corrected chi connectivity index (χ2v) is 8.54. The Kier molecular flexibility index (Phi) is 5.49. The van der Waals surface area contributed by atoms with E-state index in [1.807, 2.05) is 13.0 Å². The van der Waals surface area contributed by atoms with Crippen molar-refractivity contribution in [2.45, 2.75) is 19.8 Å². The van der Waals surface area contributed by atoms with Gasteiger partial charge in [0.15, 0.2) is 0 Å². The second-order valence-electron chi connectivity index (χ2n) is 7.69. The molecular weight excluding hydrogens is 464 g/mol. The fourth-order valence-electron chi connectivity index (χ4n) is 4.08. The number of anilines is 2. The van der Waals surface area contributed by atoms with E-state index in [1.165, 1.54) is 24.3 Å². The average Bonchev–Trinajstić information content (AvgIpc) is 2.99. The van der Waals surface area contributed by atoms with Crippen LogP contribution >= 0.6 is 15.9 Å². The summed E-state index contributed by atoms with van der Waals surface area (Å²) in [6.07, 6.45) is 3.04. The number of aromatic carboxylic acids is 1. The Bertz CT molecular complexity index is 1160. The summed E-state index contributed by atoms with van der Waals surface area (Å²) in [7, 11) is 0. The molecule has 0 bridgehead atoms. The summed E-state index contributed by atoms with van der Waals surface area (Å²) in [5.74, 6) is -3.08. The molecule has 2 aromatic carbocycles. The molecule has 1 fully saturated rings. The number of carboxylic acids is 1. The minimum absolute atomic E-state index is 0.0172. The van der Waals surface area contributed by atoms with Gasteiger partial charge in [-0.15, -0.1) is 0 Å². The maximum Gasteiger partial charge on any atom is 0.335 e. The van der Waals surface area contributed by atoms with Crippen LogP contribution in [0.4, 0.5) is 11.4 Å². The summed E-state index contributed by atoms with van der Waals surface area (Å²) in [6.45, 7) is 1.95. The molecule has 158 valence electrons. The fourth-order valence-corrected chi connectivity index (χ4v) is 4.43. The molecule has 4 rings (SSSR count). The molecule has 3 amide bonds. The number of fused-ring (bicyclic) bond motifs is 1. The predicted molar refractivity (Wildman–Crippen MR) is 118 cm³/mol. The first-order valence-electron chi connectivity index (χ1n) is 9.74. The Labute approximate surface area is 186 Å². The van der Waals surface area contributed by atoms with Crippen LogP contribution in [0.2, 0.25) is 0 Å². The minimum atomic E-state index is -1.12. The smallest absolute Gasteiger partial charge is 0.335 e. The molecule has 0 saturated carbocycles. The van der Waals surface area contributed by atoms with Crippen LogP contribution in [0.3, 0.4) is 0 Å². The standard InChI is InChI=1S/C23H19BrN2O5/c1-12-6-8-14-16(10-12)22(29)26(21(14)28)19-5-3-2-4-15(19)20(27)25-18-11-13(23(30)31)7-9-17(18)24/h2-7,9,11,14,16H,8,10H2,1H3,(H,25,27)(H,30,31)/t14-,16-/m1/s1. The van der Waals surface area contributed by atoms with Gasteiger partial charge in [-0.3, -0.25) is 14.4 Å². The number of carbonyl (C=O) groups excluding carboxylic acids is 3. The lowest BCUT2D eigenvalue weighted by molar-refractivity contribution is -0.122. The minimum Gasteiger partial charge on any atom is -0.478 e. The van der Waals surface area contributed by atoms with Crippen molar-refractivity contribution >= 4 is 51.0 Å². The van der Waals surface area contributed by atoms with E-state index in [9.17, 15) is 24.3 Å². The third-order valence-electron chi connectivity index (χ3n) is 5.67. The molecule has 2 N–H and O–H groups in total. The van der Waals surface area contributed by atoms with E-state index >= 15 is 0 Å². The molecule has 0 spiro atoms. The van der Waals surface area contributed by atoms with Gasteiger partial charge in [-0.25, -0.2) is 9.69 Å². The molecule has 7 nitrogen and oxygen atoms in total. The molecule has 1 aliphatic carbocycles. The van der Waals surface area contributed by atoms with Crippen molar-refractivity contribution in [1.82, 2.24) is 0 Å². The van der Waals surface area contributed by atoms with E-state index in [4.69, 9.17) is 0 Å². The molecule has 0 radical (unpaired) electrons. The highest BCUT2D eigenvalue weighted by molar-refractivity contribution is 9.10. The van der Waals surface area contributed by atoms with Crippen molar-refractivity contribution in [2.75, 3.05) is 10.2 Å². The number of nitrogens with one attached hydrogen (secondary N) is 1. The van der Waals surface area contributed by atoms with Crippen LogP contribution in [0.1, 0.15) is 40.5 Å². The van der Waals surface area contributed by atoms with Crippen molar-refractivity contribution in [3.8, 4) is 0 Å². The first kappa shape index (κ1) is 21.0. The van der Waals surface area contributed by atoms with Gasteiger partial charge in [0.05, 0.1) is 34.3 Å². The lowest BCUT2D eigenvalue weighted by atomic mass is 9.82. The number of halogens is 1. The Morgan fingerprint density at radius 2 is 1.81 bits per heavy atom. The van der Waals surface area contributed by atoms with Crippen LogP contribution in [0.25, 0.3) is 0 Å². The lowest BCUT2D eigenvalue weighted by Crippen LogP contribution is -2.33. The van der Waals surface area contributed by atoms with Crippen molar-refractivity contribution in [3.05, 3.63) is 69.7 Å². The maximum atomic E-state index is 13.1. The number of hydrogen-bond acceptors (Lipinski definition) is 4. The summed E-state index contributed by atoms with van der Waals surface area (Å²) in [5.41, 5.74) is 1.75. The molecular formula is C23H19BrN2O5. The highest BCUT2D eigenvalue weighted by Gasteiger charge is 2.49. The molecule has 1 saturated heterocycles. The van der Waals surface area contributed by atoms with Gasteiger partial charge in [0.1, 0.15) is 0 Å². The summed E-state index contributed by atoms with van der Waals surface area (Å²) in [5, 5.41) is 11.9. The molecule has 2 aromatic rings. The van der Waals surface area contributed by atoms with E-state index in [0.717, 1.165) is 10.5 Å². The van der Waals surface area contributed by atoms with E-state index in [1.54, 1.807) is 18.2 Å². The van der Waals surface area contributed by atoms with Crippen molar-refractivity contribution < 1.29 is 24.3 Å². The van der Waals surface area contributed by atoms with Crippen molar-refractivity contribution in [3.63, 3.8) is 0 Å². The SMILES string of the molecule is CC1=CC[C@H]2C(=O)N(c3ccccc3C(=O)Nc3cc(C(=O)O)ccc3Br)C(=O)[C@@H]2C1. The quantitative estimate of drug-likeness (QED) is 0.500. The van der Waals surface area contributed by atoms with Crippen LogP contribution < -0.4 is 10.2 Å². The highest BCUT2D eigenvalue weighted by atomic mass is 79.9. The summed E-state index contributed by atoms with van der Waals surface area (Å²) in [6, 6.07) is 10.7. The van der Waals surface area contributed by atoms with Gasteiger partial charge in [-0.1, -0.05) is 23.8 Å². The first-order valence-corrected chi connectivity index (χ1v) is 10.5. The van der Waals surface area contributed by atoms with Crippen LogP contribution in [0.15, 0.2) is 58.6 Å². The molecule has 0 aromatic heterocycles. The Hall–Kier alpha value is -3.26. The Morgan fingerprint density at radius 1 is 1.10 bits per heavy atom. The number of carbonyl (C=O) groups is 4. The molecule has 2 atom stereocenters. The maximum absolute atomic E-state index is 13.1. The zero-order valence-corrected chi connectivity index (χ0v) is 18.2. The van der Waals surface area contributed by atoms with Crippen LogP contribution in [-0.4, -0.2) is 28.8 Å². The van der Waals surface area contributed by atoms with Gasteiger partial charge in [-0.2, -0.15) is 0 Å². The number of para-hydroxylation sites is 1. The van der Waals surface area contributed by atoms with E-state index in [2.05, 4.69) is 21.2 Å². The van der Waals surface area contributed by atoms with Gasteiger partial charge >= 0.3 is 5.97 Å². The third kappa shape index (κ3) is 3.79. The number of allylic oxidation sites excluding steroid dienone is 2. The van der Waals surface area contributed by atoms with Crippen molar-refractivity contribution in [2.24, 2.45) is 11.8 Å². The summed E-state index contributed by atoms with van der Waals surface area (Å²) in [4.78, 5) is 51.6. The van der Waals surface area contributed by atoms with Gasteiger partial charge in [-0.05, 0) is 66.0 Å². The second kappa shape index (κ2) is 8.11. The van der Waals surface area contributed by atoms with E-state index in [-0.39, 0.29) is 34.3 Å². The van der Waals surface area contributed by atoms with Gasteiger partial charge < -0.3 is 10.4 Å². The first-order chi connectivity index (χ1) is 14.8. The Morgan fingerprint density at radius 3 is 2.55 bits per heavy atom. The number of hydrogen-bond donors (Lipinski definition) is 2. The number of benzene rings is 2. The highest BCUT2D eigenvalue weighted by Crippen LogP contribution is 2.40. The number of imide groups is 1. The zero-order valence-electron chi connectivity index (χ0n) is 16.6. The number of rotatable bonds is 4. The van der Waals surface area contributed by atoms with Gasteiger partial charge in [0.25, 0.3) is 5.91 Å². The number of carboxylic acid groups (broad SMARTS) is 1. The topological polar surface area (TPSA) is 104 Å². The van der Waals surface area contributed by atoms with E-state index in [0.29, 0.717) is 17.3 Å².